The molecule has 6 heteroatoms. The fourth-order valence-corrected chi connectivity index (χ4v) is 2.85. The average Bonchev–Trinajstić information content (AvgIpc) is 2.47. The fourth-order valence-electron chi connectivity index (χ4n) is 2.85. The zero-order valence-electron chi connectivity index (χ0n) is 14.6. The van der Waals surface area contributed by atoms with Gasteiger partial charge in [-0.3, -0.25) is 4.79 Å². The summed E-state index contributed by atoms with van der Waals surface area (Å²) in [7, 11) is 0. The molecule has 0 spiro atoms. The predicted molar refractivity (Wildman–Crippen MR) is 94.0 cm³/mol. The molecule has 2 amide bonds. The molecule has 0 radical (unpaired) electrons. The van der Waals surface area contributed by atoms with E-state index in [1.165, 1.54) is 0 Å². The third-order valence-corrected chi connectivity index (χ3v) is 3.97. The third-order valence-electron chi connectivity index (χ3n) is 3.97. The maximum Gasteiger partial charge on any atom is 0.407 e. The van der Waals surface area contributed by atoms with E-state index in [9.17, 15) is 9.59 Å². The normalized spacial score (nSPS) is 21.0. The summed E-state index contributed by atoms with van der Waals surface area (Å²) in [5, 5.41) is 6.37. The molecule has 1 fully saturated rings. The fraction of sp³-hybridized carbons (Fsp3) is 0.556. The van der Waals surface area contributed by atoms with Crippen molar-refractivity contribution in [3.63, 3.8) is 0 Å². The number of carbonyl (C=O) groups excluding carboxylic acids is 2. The molecule has 0 unspecified atom stereocenters. The summed E-state index contributed by atoms with van der Waals surface area (Å²) >= 11 is 0. The zero-order valence-corrected chi connectivity index (χ0v) is 14.6. The molecule has 1 aromatic rings. The van der Waals surface area contributed by atoms with Crippen LogP contribution in [0.5, 0.6) is 0 Å². The van der Waals surface area contributed by atoms with Crippen LogP contribution in [0, 0.1) is 0 Å². The Kier molecular flexibility index (Phi) is 5.70. The average molecular weight is 333 g/mol. The van der Waals surface area contributed by atoms with Crippen LogP contribution in [0.25, 0.3) is 0 Å². The number of hydrogen-bond acceptors (Lipinski definition) is 4. The van der Waals surface area contributed by atoms with E-state index in [1.54, 1.807) is 12.1 Å². The Morgan fingerprint density at radius 1 is 1.12 bits per heavy atom. The third kappa shape index (κ3) is 5.76. The quantitative estimate of drug-likeness (QED) is 0.789. The van der Waals surface area contributed by atoms with Crippen LogP contribution >= 0.6 is 0 Å². The summed E-state index contributed by atoms with van der Waals surface area (Å²) < 4.78 is 5.29. The number of carbonyl (C=O) groups is 2. The molecule has 24 heavy (non-hydrogen) atoms. The molecule has 0 heterocycles. The molecule has 1 saturated carbocycles. The SMILES string of the molecule is CC(C)(C)OC(=O)NC1CCC(Nc2cccc(C(N)=O)c2)CC1. The van der Waals surface area contributed by atoms with Gasteiger partial charge in [-0.05, 0) is 64.7 Å². The summed E-state index contributed by atoms with van der Waals surface area (Å²) in [5.41, 5.74) is 6.23. The number of amides is 2. The molecule has 1 aliphatic carbocycles. The van der Waals surface area contributed by atoms with Gasteiger partial charge >= 0.3 is 6.09 Å². The van der Waals surface area contributed by atoms with Crippen molar-refractivity contribution >= 4 is 17.7 Å². The number of primary amides is 1. The maximum absolute atomic E-state index is 11.8. The first-order chi connectivity index (χ1) is 11.2. The van der Waals surface area contributed by atoms with E-state index >= 15 is 0 Å². The lowest BCUT2D eigenvalue weighted by Gasteiger charge is -2.31. The second-order valence-corrected chi connectivity index (χ2v) is 7.28. The molecule has 132 valence electrons. The van der Waals surface area contributed by atoms with Gasteiger partial charge in [0.1, 0.15) is 5.60 Å². The van der Waals surface area contributed by atoms with Crippen molar-refractivity contribution in [2.75, 3.05) is 5.32 Å². The van der Waals surface area contributed by atoms with Gasteiger partial charge < -0.3 is 21.1 Å². The monoisotopic (exact) mass is 333 g/mol. The van der Waals surface area contributed by atoms with E-state index < -0.39 is 11.5 Å². The van der Waals surface area contributed by atoms with E-state index in [0.29, 0.717) is 11.6 Å². The van der Waals surface area contributed by atoms with E-state index in [0.717, 1.165) is 31.4 Å². The van der Waals surface area contributed by atoms with E-state index in [1.807, 2.05) is 32.9 Å². The Bertz CT molecular complexity index is 587. The summed E-state index contributed by atoms with van der Waals surface area (Å²) in [6.07, 6.45) is 3.33. The maximum atomic E-state index is 11.8. The second-order valence-electron chi connectivity index (χ2n) is 7.28. The molecule has 0 saturated heterocycles. The van der Waals surface area contributed by atoms with Crippen LogP contribution in [-0.2, 0) is 4.74 Å². The molecule has 1 aromatic carbocycles. The molecule has 0 aliphatic heterocycles. The molecule has 4 N–H and O–H groups in total. The smallest absolute Gasteiger partial charge is 0.407 e. The van der Waals surface area contributed by atoms with Gasteiger partial charge in [0.25, 0.3) is 0 Å². The van der Waals surface area contributed by atoms with Crippen molar-refractivity contribution in [3.05, 3.63) is 29.8 Å². The summed E-state index contributed by atoms with van der Waals surface area (Å²) in [4.78, 5) is 23.0. The first-order valence-electron chi connectivity index (χ1n) is 8.39. The summed E-state index contributed by atoms with van der Waals surface area (Å²) in [5.74, 6) is -0.427. The van der Waals surface area contributed by atoms with Crippen LogP contribution < -0.4 is 16.4 Å². The van der Waals surface area contributed by atoms with E-state index in [4.69, 9.17) is 10.5 Å². The number of nitrogens with one attached hydrogen (secondary N) is 2. The van der Waals surface area contributed by atoms with Crippen molar-refractivity contribution in [1.82, 2.24) is 5.32 Å². The minimum atomic E-state index is -0.478. The lowest BCUT2D eigenvalue weighted by atomic mass is 9.91. The van der Waals surface area contributed by atoms with Crippen LogP contribution in [0.1, 0.15) is 56.8 Å². The van der Waals surface area contributed by atoms with Crippen molar-refractivity contribution in [3.8, 4) is 0 Å². The minimum Gasteiger partial charge on any atom is -0.444 e. The molecule has 6 nitrogen and oxygen atoms in total. The number of ether oxygens (including phenoxy) is 1. The van der Waals surface area contributed by atoms with Gasteiger partial charge in [-0.25, -0.2) is 4.79 Å². The molecule has 2 rings (SSSR count). The Labute approximate surface area is 143 Å². The van der Waals surface area contributed by atoms with E-state index in [2.05, 4.69) is 10.6 Å². The zero-order chi connectivity index (χ0) is 17.7. The van der Waals surface area contributed by atoms with Gasteiger partial charge in [-0.1, -0.05) is 6.07 Å². The molecular formula is C18H27N3O3. The highest BCUT2D eigenvalue weighted by atomic mass is 16.6. The lowest BCUT2D eigenvalue weighted by Crippen LogP contribution is -2.42. The number of anilines is 1. The van der Waals surface area contributed by atoms with Crippen molar-refractivity contribution in [1.29, 1.82) is 0 Å². The number of alkyl carbamates (subject to hydrolysis) is 1. The van der Waals surface area contributed by atoms with Crippen LogP contribution in [0.15, 0.2) is 24.3 Å². The standard InChI is InChI=1S/C18H27N3O3/c1-18(2,3)24-17(23)21-14-9-7-13(8-10-14)20-15-6-4-5-12(11-15)16(19)22/h4-6,11,13-14,20H,7-10H2,1-3H3,(H2,19,22)(H,21,23). The number of nitrogens with two attached hydrogens (primary N) is 1. The molecule has 0 bridgehead atoms. The molecule has 0 atom stereocenters. The molecule has 0 aromatic heterocycles. The van der Waals surface area contributed by atoms with Crippen LogP contribution in [0.2, 0.25) is 0 Å². The second kappa shape index (κ2) is 7.55. The van der Waals surface area contributed by atoms with Gasteiger partial charge in [0.15, 0.2) is 0 Å². The number of benzene rings is 1. The van der Waals surface area contributed by atoms with Crippen molar-refractivity contribution < 1.29 is 14.3 Å². The predicted octanol–water partition coefficient (Wildman–Crippen LogP) is 3.03. The van der Waals surface area contributed by atoms with Gasteiger partial charge in [0.05, 0.1) is 0 Å². The Morgan fingerprint density at radius 2 is 1.75 bits per heavy atom. The highest BCUT2D eigenvalue weighted by Crippen LogP contribution is 2.23. The summed E-state index contributed by atoms with van der Waals surface area (Å²) in [6.45, 7) is 5.56. The Morgan fingerprint density at radius 3 is 2.33 bits per heavy atom. The topological polar surface area (TPSA) is 93.4 Å². The van der Waals surface area contributed by atoms with Crippen molar-refractivity contribution in [2.45, 2.75) is 64.1 Å². The van der Waals surface area contributed by atoms with Crippen molar-refractivity contribution in [2.24, 2.45) is 5.73 Å². The van der Waals surface area contributed by atoms with Gasteiger partial charge in [-0.15, -0.1) is 0 Å². The largest absolute Gasteiger partial charge is 0.444 e. The van der Waals surface area contributed by atoms with Crippen LogP contribution in [0.4, 0.5) is 10.5 Å². The van der Waals surface area contributed by atoms with E-state index in [-0.39, 0.29) is 12.1 Å². The Balaban J connectivity index is 1.80. The van der Waals surface area contributed by atoms with Gasteiger partial charge in [-0.2, -0.15) is 0 Å². The number of rotatable bonds is 4. The lowest BCUT2D eigenvalue weighted by molar-refractivity contribution is 0.0492. The van der Waals surface area contributed by atoms with Crippen LogP contribution in [-0.4, -0.2) is 29.7 Å². The highest BCUT2D eigenvalue weighted by molar-refractivity contribution is 5.93. The molecular weight excluding hydrogens is 306 g/mol. The summed E-state index contributed by atoms with van der Waals surface area (Å²) in [6, 6.07) is 7.69. The molecule has 1 aliphatic rings. The van der Waals surface area contributed by atoms with Crippen LogP contribution in [0.3, 0.4) is 0 Å². The van der Waals surface area contributed by atoms with Gasteiger partial charge in [0, 0.05) is 23.3 Å². The first kappa shape index (κ1) is 18.1. The van der Waals surface area contributed by atoms with Gasteiger partial charge in [0.2, 0.25) is 5.91 Å². The number of hydrogen-bond donors (Lipinski definition) is 3. The highest BCUT2D eigenvalue weighted by Gasteiger charge is 2.24. The minimum absolute atomic E-state index is 0.148. The first-order valence-corrected chi connectivity index (χ1v) is 8.39. The Hall–Kier alpha value is -2.24.